The van der Waals surface area contributed by atoms with Crippen molar-refractivity contribution in [3.8, 4) is 5.69 Å². The molecule has 0 amide bonds. The monoisotopic (exact) mass is 276 g/mol. The van der Waals surface area contributed by atoms with Crippen molar-refractivity contribution < 1.29 is 4.39 Å². The number of benzene rings is 1. The summed E-state index contributed by atoms with van der Waals surface area (Å²) in [5.41, 5.74) is 8.07. The molecule has 0 spiro atoms. The predicted octanol–water partition coefficient (Wildman–Crippen LogP) is 2.68. The maximum Gasteiger partial charge on any atom is 0.125 e. The van der Waals surface area contributed by atoms with Gasteiger partial charge in [0, 0.05) is 18.5 Å². The molecule has 2 aromatic rings. The Balaban J connectivity index is 2.51. The van der Waals surface area contributed by atoms with Crippen molar-refractivity contribution in [2.24, 2.45) is 5.73 Å². The number of rotatable bonds is 4. The van der Waals surface area contributed by atoms with Crippen molar-refractivity contribution in [3.05, 3.63) is 42.0 Å². The van der Waals surface area contributed by atoms with E-state index in [1.807, 2.05) is 6.07 Å². The van der Waals surface area contributed by atoms with Gasteiger partial charge in [-0.3, -0.25) is 0 Å². The molecule has 0 radical (unpaired) electrons. The lowest BCUT2D eigenvalue weighted by molar-refractivity contribution is 0.543. The van der Waals surface area contributed by atoms with E-state index in [-0.39, 0.29) is 11.2 Å². The van der Waals surface area contributed by atoms with Gasteiger partial charge in [-0.2, -0.15) is 5.10 Å². The van der Waals surface area contributed by atoms with Crippen LogP contribution in [0.5, 0.6) is 0 Å². The van der Waals surface area contributed by atoms with Crippen molar-refractivity contribution in [1.29, 1.82) is 0 Å². The molecular formula is C15H21FN4. The van der Waals surface area contributed by atoms with E-state index >= 15 is 0 Å². The maximum absolute atomic E-state index is 13.4. The molecule has 0 saturated carbocycles. The van der Waals surface area contributed by atoms with Crippen LogP contribution in [0.3, 0.4) is 0 Å². The van der Waals surface area contributed by atoms with Crippen LogP contribution in [0.2, 0.25) is 0 Å². The third-order valence-electron chi connectivity index (χ3n) is 2.99. The predicted molar refractivity (Wildman–Crippen MR) is 79.8 cm³/mol. The highest BCUT2D eigenvalue weighted by Gasteiger charge is 2.24. The van der Waals surface area contributed by atoms with Crippen LogP contribution >= 0.6 is 0 Å². The highest BCUT2D eigenvalue weighted by Crippen LogP contribution is 2.31. The largest absolute Gasteiger partial charge is 0.381 e. The van der Waals surface area contributed by atoms with Crippen molar-refractivity contribution in [2.45, 2.75) is 26.2 Å². The van der Waals surface area contributed by atoms with Crippen LogP contribution in [-0.4, -0.2) is 22.9 Å². The summed E-state index contributed by atoms with van der Waals surface area (Å²) in [6.07, 6.45) is 1.77. The smallest absolute Gasteiger partial charge is 0.125 e. The van der Waals surface area contributed by atoms with Crippen LogP contribution in [0.15, 0.2) is 30.5 Å². The molecule has 4 nitrogen and oxygen atoms in total. The quantitative estimate of drug-likeness (QED) is 0.902. The molecule has 1 heterocycles. The first kappa shape index (κ1) is 14.5. The number of nitrogens with one attached hydrogen (secondary N) is 1. The molecule has 0 fully saturated rings. The van der Waals surface area contributed by atoms with Gasteiger partial charge in [0.05, 0.1) is 23.3 Å². The van der Waals surface area contributed by atoms with E-state index in [1.165, 1.54) is 12.1 Å². The first-order valence-electron chi connectivity index (χ1n) is 6.72. The van der Waals surface area contributed by atoms with E-state index in [0.717, 1.165) is 17.1 Å². The van der Waals surface area contributed by atoms with Crippen LogP contribution in [-0.2, 0) is 5.41 Å². The standard InChI is InChI=1S/C15H21FN4/c1-15(2,3)14-13(18-8-7-17)10-19-20(14)12-6-4-5-11(16)9-12/h4-6,9-10,18H,7-8,17H2,1-3H3. The maximum atomic E-state index is 13.4. The lowest BCUT2D eigenvalue weighted by atomic mass is 9.91. The minimum absolute atomic E-state index is 0.125. The summed E-state index contributed by atoms with van der Waals surface area (Å²) < 4.78 is 15.2. The third-order valence-corrected chi connectivity index (χ3v) is 2.99. The fourth-order valence-electron chi connectivity index (χ4n) is 2.21. The molecule has 0 unspecified atom stereocenters. The Hall–Kier alpha value is -1.88. The molecular weight excluding hydrogens is 255 g/mol. The fraction of sp³-hybridized carbons (Fsp3) is 0.400. The second-order valence-electron chi connectivity index (χ2n) is 5.76. The molecule has 1 aromatic heterocycles. The van der Waals surface area contributed by atoms with E-state index in [0.29, 0.717) is 13.1 Å². The molecule has 0 aliphatic rings. The molecule has 0 aliphatic heterocycles. The van der Waals surface area contributed by atoms with E-state index in [9.17, 15) is 4.39 Å². The van der Waals surface area contributed by atoms with Gasteiger partial charge in [0.15, 0.2) is 0 Å². The average molecular weight is 276 g/mol. The summed E-state index contributed by atoms with van der Waals surface area (Å²) in [5, 5.41) is 7.67. The molecule has 3 N–H and O–H groups in total. The number of hydrogen-bond donors (Lipinski definition) is 2. The van der Waals surface area contributed by atoms with Gasteiger partial charge in [-0.15, -0.1) is 0 Å². The molecule has 0 bridgehead atoms. The van der Waals surface area contributed by atoms with Crippen molar-refractivity contribution in [1.82, 2.24) is 9.78 Å². The molecule has 0 aliphatic carbocycles. The van der Waals surface area contributed by atoms with Crippen LogP contribution in [0.4, 0.5) is 10.1 Å². The van der Waals surface area contributed by atoms with Crippen LogP contribution in [0.1, 0.15) is 26.5 Å². The molecule has 1 aromatic carbocycles. The van der Waals surface area contributed by atoms with Gasteiger partial charge in [-0.1, -0.05) is 26.8 Å². The summed E-state index contributed by atoms with van der Waals surface area (Å²) in [6, 6.07) is 6.44. The summed E-state index contributed by atoms with van der Waals surface area (Å²) in [7, 11) is 0. The molecule has 5 heteroatoms. The average Bonchev–Trinajstić information content (AvgIpc) is 2.80. The zero-order valence-corrected chi connectivity index (χ0v) is 12.2. The van der Waals surface area contributed by atoms with Gasteiger partial charge in [0.25, 0.3) is 0 Å². The topological polar surface area (TPSA) is 55.9 Å². The summed E-state index contributed by atoms with van der Waals surface area (Å²) in [4.78, 5) is 0. The second-order valence-corrected chi connectivity index (χ2v) is 5.76. The Morgan fingerprint density at radius 1 is 1.35 bits per heavy atom. The minimum atomic E-state index is -0.269. The molecule has 0 saturated heterocycles. The number of hydrogen-bond acceptors (Lipinski definition) is 3. The third kappa shape index (κ3) is 2.99. The van der Waals surface area contributed by atoms with Gasteiger partial charge < -0.3 is 11.1 Å². The van der Waals surface area contributed by atoms with E-state index in [1.54, 1.807) is 16.9 Å². The van der Waals surface area contributed by atoms with Gasteiger partial charge in [-0.05, 0) is 18.2 Å². The van der Waals surface area contributed by atoms with Crippen molar-refractivity contribution >= 4 is 5.69 Å². The Labute approximate surface area is 118 Å². The van der Waals surface area contributed by atoms with Crippen LogP contribution < -0.4 is 11.1 Å². The van der Waals surface area contributed by atoms with E-state index in [4.69, 9.17) is 5.73 Å². The Bertz CT molecular complexity index is 584. The Kier molecular flexibility index (Phi) is 4.09. The highest BCUT2D eigenvalue weighted by molar-refractivity contribution is 5.53. The molecule has 2 rings (SSSR count). The summed E-state index contributed by atoms with van der Waals surface area (Å²) in [6.45, 7) is 7.54. The number of nitrogens with zero attached hydrogens (tertiary/aromatic N) is 2. The van der Waals surface area contributed by atoms with Gasteiger partial charge in [0.1, 0.15) is 5.82 Å². The number of aromatic nitrogens is 2. The van der Waals surface area contributed by atoms with Crippen molar-refractivity contribution in [2.75, 3.05) is 18.4 Å². The van der Waals surface area contributed by atoms with E-state index < -0.39 is 0 Å². The second kappa shape index (κ2) is 5.63. The first-order valence-corrected chi connectivity index (χ1v) is 6.72. The fourth-order valence-corrected chi connectivity index (χ4v) is 2.21. The van der Waals surface area contributed by atoms with E-state index in [2.05, 4.69) is 31.2 Å². The lowest BCUT2D eigenvalue weighted by Gasteiger charge is -2.23. The number of halogens is 1. The van der Waals surface area contributed by atoms with Gasteiger partial charge >= 0.3 is 0 Å². The zero-order valence-electron chi connectivity index (χ0n) is 12.2. The summed E-state index contributed by atoms with van der Waals surface area (Å²) in [5.74, 6) is -0.269. The summed E-state index contributed by atoms with van der Waals surface area (Å²) >= 11 is 0. The van der Waals surface area contributed by atoms with Gasteiger partial charge in [0.2, 0.25) is 0 Å². The Morgan fingerprint density at radius 3 is 2.70 bits per heavy atom. The minimum Gasteiger partial charge on any atom is -0.381 e. The number of nitrogens with two attached hydrogens (primary N) is 1. The first-order chi connectivity index (χ1) is 9.43. The lowest BCUT2D eigenvalue weighted by Crippen LogP contribution is -2.21. The molecule has 0 atom stereocenters. The van der Waals surface area contributed by atoms with Crippen LogP contribution in [0.25, 0.3) is 5.69 Å². The highest BCUT2D eigenvalue weighted by atomic mass is 19.1. The van der Waals surface area contributed by atoms with Crippen LogP contribution in [0, 0.1) is 5.82 Å². The zero-order chi connectivity index (χ0) is 14.8. The number of anilines is 1. The SMILES string of the molecule is CC(C)(C)c1c(NCCN)cnn1-c1cccc(F)c1. The van der Waals surface area contributed by atoms with Gasteiger partial charge in [-0.25, -0.2) is 9.07 Å². The normalized spacial score (nSPS) is 11.7. The molecule has 108 valence electrons. The molecule has 20 heavy (non-hydrogen) atoms. The Morgan fingerprint density at radius 2 is 2.10 bits per heavy atom. The van der Waals surface area contributed by atoms with Crippen molar-refractivity contribution in [3.63, 3.8) is 0 Å².